The fourth-order valence-electron chi connectivity index (χ4n) is 0.906. The van der Waals surface area contributed by atoms with Crippen LogP contribution in [0.3, 0.4) is 0 Å². The fourth-order valence-corrected chi connectivity index (χ4v) is 0.906. The standard InChI is InChI=1S/C3H6N6O4/c10-4-6-1-7(5-11)3-8(2-6)9(12)13/h1-3H2. The highest BCUT2D eigenvalue weighted by molar-refractivity contribution is 4.57. The van der Waals surface area contributed by atoms with Gasteiger partial charge in [-0.15, -0.1) is 9.81 Å². The summed E-state index contributed by atoms with van der Waals surface area (Å²) in [4.78, 5) is 30.4. The van der Waals surface area contributed by atoms with E-state index in [1.165, 1.54) is 0 Å². The van der Waals surface area contributed by atoms with Crippen LogP contribution in [0.15, 0.2) is 10.6 Å². The van der Waals surface area contributed by atoms with Crippen molar-refractivity contribution in [2.24, 2.45) is 10.6 Å². The van der Waals surface area contributed by atoms with Crippen molar-refractivity contribution in [1.82, 2.24) is 15.0 Å². The summed E-state index contributed by atoms with van der Waals surface area (Å²) in [6.07, 6.45) is 0. The highest BCUT2D eigenvalue weighted by Gasteiger charge is 2.29. The summed E-state index contributed by atoms with van der Waals surface area (Å²) in [6.45, 7) is -0.623. The van der Waals surface area contributed by atoms with Gasteiger partial charge in [-0.2, -0.15) is 0 Å². The molecule has 0 aromatic carbocycles. The van der Waals surface area contributed by atoms with Gasteiger partial charge in [0.05, 0.1) is 10.6 Å². The van der Waals surface area contributed by atoms with Gasteiger partial charge in [-0.25, -0.2) is 20.1 Å². The lowest BCUT2D eigenvalue weighted by molar-refractivity contribution is -0.669. The predicted molar refractivity (Wildman–Crippen MR) is 38.7 cm³/mol. The zero-order valence-electron chi connectivity index (χ0n) is 6.44. The average molecular weight is 190 g/mol. The molecule has 72 valence electrons. The third-order valence-electron chi connectivity index (χ3n) is 1.44. The molecule has 0 aliphatic carbocycles. The summed E-state index contributed by atoms with van der Waals surface area (Å²) in [5.41, 5.74) is 0. The molecule has 1 rings (SSSR count). The Bertz CT molecular complexity index is 216. The molecule has 0 aromatic heterocycles. The normalized spacial score (nSPS) is 17.1. The SMILES string of the molecule is O=NN1CN(N=O)CN([N+](=O)[O-])C1. The van der Waals surface area contributed by atoms with Crippen LogP contribution in [0.25, 0.3) is 0 Å². The maximum Gasteiger partial charge on any atom is 0.173 e. The highest BCUT2D eigenvalue weighted by atomic mass is 16.7. The van der Waals surface area contributed by atoms with Crippen LogP contribution in [-0.2, 0) is 0 Å². The Hall–Kier alpha value is -2.00. The Morgan fingerprint density at radius 2 is 1.54 bits per heavy atom. The molecule has 0 amide bonds. The topological polar surface area (TPSA) is 112 Å². The molecule has 13 heavy (non-hydrogen) atoms. The van der Waals surface area contributed by atoms with Crippen LogP contribution in [0.5, 0.6) is 0 Å². The first kappa shape index (κ1) is 9.09. The highest BCUT2D eigenvalue weighted by Crippen LogP contribution is 2.07. The minimum Gasteiger partial charge on any atom is -0.235 e. The first-order valence-corrected chi connectivity index (χ1v) is 3.23. The second-order valence-corrected chi connectivity index (χ2v) is 2.34. The molecule has 10 nitrogen and oxygen atoms in total. The van der Waals surface area contributed by atoms with Crippen LogP contribution in [0.2, 0.25) is 0 Å². The summed E-state index contributed by atoms with van der Waals surface area (Å²) in [6, 6.07) is 0. The Morgan fingerprint density at radius 1 is 1.08 bits per heavy atom. The van der Waals surface area contributed by atoms with E-state index in [9.17, 15) is 19.9 Å². The van der Waals surface area contributed by atoms with Gasteiger partial charge < -0.3 is 0 Å². The third kappa shape index (κ3) is 1.98. The van der Waals surface area contributed by atoms with E-state index in [2.05, 4.69) is 10.6 Å². The van der Waals surface area contributed by atoms with Crippen molar-refractivity contribution in [3.8, 4) is 0 Å². The van der Waals surface area contributed by atoms with Gasteiger partial charge in [0.2, 0.25) is 0 Å². The smallest absolute Gasteiger partial charge is 0.173 e. The molecule has 0 radical (unpaired) electrons. The molecule has 0 unspecified atom stereocenters. The molecule has 1 fully saturated rings. The number of hydrogen-bond donors (Lipinski definition) is 0. The van der Waals surface area contributed by atoms with Gasteiger partial charge in [0.25, 0.3) is 0 Å². The van der Waals surface area contributed by atoms with Gasteiger partial charge in [-0.1, -0.05) is 5.01 Å². The zero-order valence-corrected chi connectivity index (χ0v) is 6.44. The Morgan fingerprint density at radius 3 is 1.85 bits per heavy atom. The van der Waals surface area contributed by atoms with Crippen molar-refractivity contribution >= 4 is 0 Å². The average Bonchev–Trinajstić information content (AvgIpc) is 2.16. The number of rotatable bonds is 3. The minimum absolute atomic E-state index is 0.128. The van der Waals surface area contributed by atoms with E-state index in [-0.39, 0.29) is 20.0 Å². The van der Waals surface area contributed by atoms with Crippen LogP contribution in [0.4, 0.5) is 0 Å². The number of nitro groups is 1. The van der Waals surface area contributed by atoms with Gasteiger partial charge in [0.15, 0.2) is 18.4 Å². The lowest BCUT2D eigenvalue weighted by Crippen LogP contribution is -2.52. The van der Waals surface area contributed by atoms with Gasteiger partial charge in [-0.3, -0.25) is 0 Å². The largest absolute Gasteiger partial charge is 0.235 e. The summed E-state index contributed by atoms with van der Waals surface area (Å²) in [5, 5.41) is 16.8. The molecule has 0 aromatic rings. The number of nitroso groups, excluding NO2 is 2. The van der Waals surface area contributed by atoms with Gasteiger partial charge in [0, 0.05) is 0 Å². The van der Waals surface area contributed by atoms with Crippen LogP contribution in [0, 0.1) is 19.9 Å². The summed E-state index contributed by atoms with van der Waals surface area (Å²) in [5.74, 6) is 0. The zero-order chi connectivity index (χ0) is 9.84. The lowest BCUT2D eigenvalue weighted by Gasteiger charge is -2.30. The molecular weight excluding hydrogens is 184 g/mol. The summed E-state index contributed by atoms with van der Waals surface area (Å²) in [7, 11) is 0. The molecular formula is C3H6N6O4. The first-order valence-electron chi connectivity index (χ1n) is 3.23. The molecule has 1 aliphatic rings. The number of hydrogen-bond acceptors (Lipinski definition) is 6. The molecule has 0 spiro atoms. The molecule has 0 bridgehead atoms. The number of hydrazine groups is 1. The summed E-state index contributed by atoms with van der Waals surface area (Å²) < 4.78 is 0. The van der Waals surface area contributed by atoms with Crippen LogP contribution < -0.4 is 0 Å². The van der Waals surface area contributed by atoms with Crippen molar-refractivity contribution in [1.29, 1.82) is 0 Å². The van der Waals surface area contributed by atoms with E-state index in [4.69, 9.17) is 0 Å². The molecule has 0 N–H and O–H groups in total. The Balaban J connectivity index is 2.63. The molecule has 0 saturated carbocycles. The second-order valence-electron chi connectivity index (χ2n) is 2.34. The van der Waals surface area contributed by atoms with E-state index < -0.39 is 5.03 Å². The van der Waals surface area contributed by atoms with Crippen molar-refractivity contribution in [3.63, 3.8) is 0 Å². The minimum atomic E-state index is -0.727. The summed E-state index contributed by atoms with van der Waals surface area (Å²) >= 11 is 0. The molecule has 1 saturated heterocycles. The van der Waals surface area contributed by atoms with E-state index in [1.54, 1.807) is 0 Å². The third-order valence-corrected chi connectivity index (χ3v) is 1.44. The van der Waals surface area contributed by atoms with Crippen LogP contribution in [0.1, 0.15) is 0 Å². The van der Waals surface area contributed by atoms with E-state index in [1.807, 2.05) is 0 Å². The molecule has 10 heteroatoms. The van der Waals surface area contributed by atoms with E-state index >= 15 is 0 Å². The fraction of sp³-hybridized carbons (Fsp3) is 1.00. The monoisotopic (exact) mass is 190 g/mol. The second kappa shape index (κ2) is 3.60. The maximum absolute atomic E-state index is 10.3. The van der Waals surface area contributed by atoms with Crippen molar-refractivity contribution in [3.05, 3.63) is 19.9 Å². The lowest BCUT2D eigenvalue weighted by atomic mass is 10.7. The van der Waals surface area contributed by atoms with Crippen LogP contribution >= 0.6 is 0 Å². The van der Waals surface area contributed by atoms with Gasteiger partial charge in [-0.05, 0) is 0 Å². The van der Waals surface area contributed by atoms with Gasteiger partial charge >= 0.3 is 0 Å². The molecule has 1 aliphatic heterocycles. The predicted octanol–water partition coefficient (Wildman–Crippen LogP) is -0.667. The Kier molecular flexibility index (Phi) is 2.52. The molecule has 1 heterocycles. The van der Waals surface area contributed by atoms with E-state index in [0.717, 1.165) is 10.0 Å². The maximum atomic E-state index is 10.3. The van der Waals surface area contributed by atoms with Crippen molar-refractivity contribution in [2.45, 2.75) is 0 Å². The van der Waals surface area contributed by atoms with Crippen molar-refractivity contribution < 1.29 is 5.03 Å². The Labute approximate surface area is 71.7 Å². The van der Waals surface area contributed by atoms with Crippen LogP contribution in [-0.4, -0.2) is 40.1 Å². The quantitative estimate of drug-likeness (QED) is 0.329. The first-order chi connectivity index (χ1) is 6.17. The van der Waals surface area contributed by atoms with Crippen molar-refractivity contribution in [2.75, 3.05) is 20.0 Å². The van der Waals surface area contributed by atoms with E-state index in [0.29, 0.717) is 5.01 Å². The number of nitrogens with zero attached hydrogens (tertiary/aromatic N) is 6. The van der Waals surface area contributed by atoms with Gasteiger partial charge in [0.1, 0.15) is 6.67 Å². The molecule has 0 atom stereocenters.